The minimum Gasteiger partial charge on any atom is -0.497 e. The first kappa shape index (κ1) is 46.7. The highest BCUT2D eigenvalue weighted by atomic mass is 32.2. The summed E-state index contributed by atoms with van der Waals surface area (Å²) in [5, 5.41) is 6.53. The molecule has 2 aliphatic heterocycles. The molecule has 3 N–H and O–H groups in total. The van der Waals surface area contributed by atoms with Crippen LogP contribution in [0.2, 0.25) is 0 Å². The maximum atomic E-state index is 14.9. The van der Waals surface area contributed by atoms with E-state index in [2.05, 4.69) is 20.3 Å². The van der Waals surface area contributed by atoms with Crippen LogP contribution in [0.4, 0.5) is 13.6 Å². The maximum absolute atomic E-state index is 14.9. The highest BCUT2D eigenvalue weighted by molar-refractivity contribution is 7.91. The van der Waals surface area contributed by atoms with E-state index in [1.54, 1.807) is 39.2 Å². The fourth-order valence-corrected chi connectivity index (χ4v) is 9.29. The van der Waals surface area contributed by atoms with Crippen molar-refractivity contribution in [3.05, 3.63) is 36.5 Å². The Morgan fingerprint density at radius 1 is 1.06 bits per heavy atom. The summed E-state index contributed by atoms with van der Waals surface area (Å²) in [6.07, 6.45) is 5.50. The van der Waals surface area contributed by atoms with Crippen LogP contribution in [0, 0.1) is 17.8 Å². The molecule has 0 bridgehead atoms. The van der Waals surface area contributed by atoms with Crippen molar-refractivity contribution in [1.82, 2.24) is 25.2 Å². The number of alkyl carbamates (subject to hydrolysis) is 1. The van der Waals surface area contributed by atoms with E-state index in [-0.39, 0.29) is 37.8 Å². The normalized spacial score (nSPS) is 28.3. The summed E-state index contributed by atoms with van der Waals surface area (Å²) in [5.74, 6) is -5.73. The summed E-state index contributed by atoms with van der Waals surface area (Å²) in [7, 11) is -1.00. The number of pyridine rings is 1. The molecule has 2 saturated carbocycles. The van der Waals surface area contributed by atoms with Gasteiger partial charge in [0.2, 0.25) is 27.7 Å². The predicted octanol–water partition coefficient (Wildman–Crippen LogP) is 5.03. The zero-order valence-electron chi connectivity index (χ0n) is 36.5. The number of sulfonamides is 1. The number of fused-ring (bicyclic) bond motifs is 3. The van der Waals surface area contributed by atoms with Crippen LogP contribution in [0.25, 0.3) is 10.8 Å². The quantitative estimate of drug-likeness (QED) is 0.179. The van der Waals surface area contributed by atoms with Crippen molar-refractivity contribution in [1.29, 1.82) is 0 Å². The van der Waals surface area contributed by atoms with Gasteiger partial charge in [0.15, 0.2) is 5.60 Å². The van der Waals surface area contributed by atoms with Crippen molar-refractivity contribution in [3.63, 3.8) is 0 Å². The largest absolute Gasteiger partial charge is 0.497 e. The Bertz CT molecular complexity index is 2180. The number of halogens is 2. The van der Waals surface area contributed by atoms with Crippen molar-refractivity contribution in [2.75, 3.05) is 34.0 Å². The zero-order valence-corrected chi connectivity index (χ0v) is 37.4. The van der Waals surface area contributed by atoms with Crippen LogP contribution in [0.3, 0.4) is 0 Å². The van der Waals surface area contributed by atoms with E-state index in [1.165, 1.54) is 18.2 Å². The molecule has 19 heteroatoms. The van der Waals surface area contributed by atoms with Gasteiger partial charge in [0.25, 0.3) is 11.8 Å². The lowest BCUT2D eigenvalue weighted by Crippen LogP contribution is -2.59. The van der Waals surface area contributed by atoms with Crippen molar-refractivity contribution in [2.45, 2.75) is 126 Å². The van der Waals surface area contributed by atoms with E-state index in [0.717, 1.165) is 13.8 Å². The summed E-state index contributed by atoms with van der Waals surface area (Å²) < 4.78 is 84.8. The van der Waals surface area contributed by atoms with Gasteiger partial charge in [0.1, 0.15) is 41.8 Å². The Balaban J connectivity index is 1.36. The number of rotatable bonds is 13. The third kappa shape index (κ3) is 9.87. The van der Waals surface area contributed by atoms with Gasteiger partial charge in [0, 0.05) is 37.1 Å². The predicted molar refractivity (Wildman–Crippen MR) is 223 cm³/mol. The van der Waals surface area contributed by atoms with Crippen LogP contribution in [0.15, 0.2) is 36.5 Å². The second-order valence-electron chi connectivity index (χ2n) is 18.1. The number of hydrogen-bond acceptors (Lipinski definition) is 12. The number of nitrogens with zero attached hydrogens (tertiary/aromatic N) is 2. The summed E-state index contributed by atoms with van der Waals surface area (Å²) in [4.78, 5) is 62.7. The standard InChI is InChI=1S/C43H59F2N5O11S/c1-25-11-9-10-12-27-22-43(27,38(53)49-62(55,56)41(5)15-16-41)48-35(51)32-21-29(60-36-30-14-13-28(58-8)20-31(30)33(23-46-36)59-18-17-57-7)24-50(32)37(52)34(26(2)19-25)47-39(54)61-40(3,4)42(6,44)45/h10,12-14,20,23,25-27,29,32,34H,9,11,15-19,21-22,24H2,1-8H3,(H,47,54)(H,48,51)(H,49,53)/b12-10-/t25-,26-,27-,29-,32+,34+,43-/m1/s1. The number of hydrogen-bond donors (Lipinski definition) is 3. The van der Waals surface area contributed by atoms with E-state index >= 15 is 0 Å². The molecule has 0 unspecified atom stereocenters. The molecular weight excluding hydrogens is 833 g/mol. The van der Waals surface area contributed by atoms with Crippen LogP contribution >= 0.6 is 0 Å². The van der Waals surface area contributed by atoms with Gasteiger partial charge in [-0.2, -0.15) is 0 Å². The van der Waals surface area contributed by atoms with Gasteiger partial charge in [-0.25, -0.2) is 27.0 Å². The first-order valence-electron chi connectivity index (χ1n) is 21.0. The maximum Gasteiger partial charge on any atom is 0.408 e. The summed E-state index contributed by atoms with van der Waals surface area (Å²) >= 11 is 0. The Labute approximate surface area is 361 Å². The van der Waals surface area contributed by atoms with E-state index in [4.69, 9.17) is 23.7 Å². The van der Waals surface area contributed by atoms with Crippen molar-refractivity contribution in [2.24, 2.45) is 17.8 Å². The Kier molecular flexibility index (Phi) is 13.4. The highest BCUT2D eigenvalue weighted by Crippen LogP contribution is 2.48. The minimum atomic E-state index is -4.08. The number of methoxy groups -OCH3 is 2. The number of aromatic nitrogens is 1. The number of alkyl halides is 2. The van der Waals surface area contributed by atoms with Gasteiger partial charge < -0.3 is 39.2 Å². The molecular formula is C43H59F2N5O11S. The first-order chi connectivity index (χ1) is 29.0. The monoisotopic (exact) mass is 891 g/mol. The number of benzene rings is 1. The van der Waals surface area contributed by atoms with E-state index < -0.39 is 85.7 Å². The molecule has 16 nitrogen and oxygen atoms in total. The van der Waals surface area contributed by atoms with Crippen LogP contribution < -0.4 is 29.6 Å². The molecule has 62 heavy (non-hydrogen) atoms. The average molecular weight is 892 g/mol. The smallest absolute Gasteiger partial charge is 0.408 e. The molecule has 4 amide bonds. The third-order valence-corrected chi connectivity index (χ3v) is 14.9. The molecule has 1 aromatic carbocycles. The molecule has 4 aliphatic rings. The van der Waals surface area contributed by atoms with Gasteiger partial charge in [-0.3, -0.25) is 19.1 Å². The molecule has 6 rings (SSSR count). The molecule has 3 heterocycles. The highest BCUT2D eigenvalue weighted by Gasteiger charge is 2.63. The van der Waals surface area contributed by atoms with Gasteiger partial charge in [-0.05, 0) is 89.3 Å². The summed E-state index contributed by atoms with van der Waals surface area (Å²) in [6.45, 7) is 8.40. The molecule has 1 saturated heterocycles. The number of amides is 4. The van der Waals surface area contributed by atoms with Crippen molar-refractivity contribution in [3.8, 4) is 17.4 Å². The number of ether oxygens (including phenoxy) is 5. The van der Waals surface area contributed by atoms with E-state index in [0.29, 0.717) is 67.9 Å². The lowest BCUT2D eigenvalue weighted by atomic mass is 9.88. The zero-order chi connectivity index (χ0) is 45.4. The van der Waals surface area contributed by atoms with Gasteiger partial charge in [-0.1, -0.05) is 26.0 Å². The summed E-state index contributed by atoms with van der Waals surface area (Å²) in [5.41, 5.74) is -3.87. The second kappa shape index (κ2) is 17.8. The Morgan fingerprint density at radius 2 is 1.79 bits per heavy atom. The van der Waals surface area contributed by atoms with Gasteiger partial charge in [0.05, 0.1) is 31.2 Å². The fraction of sp³-hybridized carbons (Fsp3) is 0.651. The van der Waals surface area contributed by atoms with Crippen LogP contribution in [-0.2, 0) is 33.9 Å². The number of allylic oxidation sites excluding steroid dienone is 1. The topological polar surface area (TPSA) is 201 Å². The van der Waals surface area contributed by atoms with E-state index in [1.807, 2.05) is 19.1 Å². The van der Waals surface area contributed by atoms with Crippen LogP contribution in [0.5, 0.6) is 17.4 Å². The lowest BCUT2D eigenvalue weighted by Gasteiger charge is -2.35. The molecule has 0 spiro atoms. The second-order valence-corrected chi connectivity index (χ2v) is 20.2. The Hall–Kier alpha value is -4.78. The molecule has 0 radical (unpaired) electrons. The van der Waals surface area contributed by atoms with Crippen molar-refractivity contribution >= 4 is 44.6 Å². The van der Waals surface area contributed by atoms with E-state index in [9.17, 15) is 36.4 Å². The molecule has 3 fully saturated rings. The number of carbonyl (C=O) groups excluding carboxylic acids is 4. The number of carbonyl (C=O) groups is 4. The molecule has 342 valence electrons. The average Bonchev–Trinajstić information content (AvgIpc) is 4.08. The molecule has 7 atom stereocenters. The SMILES string of the molecule is COCCOc1cnc(O[C@@H]2C[C@H]3C(=O)N[C@]4(C(=O)NS(=O)(=O)C5(C)CC5)C[C@H]4/C=C\CC[C@@H](C)C[C@@H](C)[C@H](NC(=O)OC(C)(C)C(C)(F)F)C(=O)N3C2)c2ccc(OC)cc12. The van der Waals surface area contributed by atoms with Gasteiger partial charge in [-0.15, -0.1) is 0 Å². The molecule has 1 aromatic heterocycles. The first-order valence-corrected chi connectivity index (χ1v) is 22.5. The molecule has 2 aromatic rings. The summed E-state index contributed by atoms with van der Waals surface area (Å²) in [6, 6.07) is 2.57. The lowest BCUT2D eigenvalue weighted by molar-refractivity contribution is -0.152. The number of nitrogens with one attached hydrogen (secondary N) is 3. The third-order valence-electron chi connectivity index (χ3n) is 12.8. The Morgan fingerprint density at radius 3 is 2.45 bits per heavy atom. The minimum absolute atomic E-state index is 0.00523. The van der Waals surface area contributed by atoms with Gasteiger partial charge >= 0.3 is 6.09 Å². The van der Waals surface area contributed by atoms with Crippen LogP contribution in [0.1, 0.15) is 86.5 Å². The fourth-order valence-electron chi connectivity index (χ4n) is 7.97. The van der Waals surface area contributed by atoms with Crippen molar-refractivity contribution < 1.29 is 60.1 Å². The molecule has 2 aliphatic carbocycles. The van der Waals surface area contributed by atoms with Crippen LogP contribution in [-0.4, -0.2) is 116 Å².